The normalized spacial score (nSPS) is 12.3. The zero-order chi connectivity index (χ0) is 27.1. The van der Waals surface area contributed by atoms with E-state index in [-0.39, 0.29) is 0 Å². The second-order valence-electron chi connectivity index (χ2n) is 11.3. The lowest BCUT2D eigenvalue weighted by Crippen LogP contribution is -2.27. The molecule has 0 saturated carbocycles. The highest BCUT2D eigenvalue weighted by atomic mass is 16.5. The van der Waals surface area contributed by atoms with Crippen molar-refractivity contribution in [2.45, 2.75) is 155 Å². The van der Waals surface area contributed by atoms with Crippen LogP contribution in [0, 0.1) is 17.2 Å². The molecule has 0 heterocycles. The molecule has 0 spiro atoms. The maximum atomic E-state index is 8.88. The zero-order valence-corrected chi connectivity index (χ0v) is 25.6. The second-order valence-corrected chi connectivity index (χ2v) is 11.3. The van der Waals surface area contributed by atoms with Crippen LogP contribution in [-0.2, 0) is 9.47 Å². The van der Waals surface area contributed by atoms with Crippen LogP contribution in [0.4, 0.5) is 0 Å². The van der Waals surface area contributed by atoms with Gasteiger partial charge in [0.25, 0.3) is 0 Å². The number of nitrogens with zero attached hydrogens (tertiary/aromatic N) is 2. The minimum absolute atomic E-state index is 0.681. The molecule has 0 radical (unpaired) electrons. The number of nitriles is 1. The molecule has 1 unspecified atom stereocenters. The highest BCUT2D eigenvalue weighted by molar-refractivity contribution is 4.70. The highest BCUT2D eigenvalue weighted by Crippen LogP contribution is 2.19. The summed E-state index contributed by atoms with van der Waals surface area (Å²) in [6.45, 7) is 10.8. The average Bonchev–Trinajstić information content (AvgIpc) is 2.91. The van der Waals surface area contributed by atoms with Gasteiger partial charge in [0.1, 0.15) is 0 Å². The van der Waals surface area contributed by atoms with Gasteiger partial charge in [-0.15, -0.1) is 0 Å². The molecule has 0 rings (SSSR count). The van der Waals surface area contributed by atoms with Crippen molar-refractivity contribution in [2.24, 2.45) is 5.92 Å². The first kappa shape index (κ1) is 36.4. The number of methoxy groups -OCH3 is 1. The first-order valence-electron chi connectivity index (χ1n) is 16.4. The lowest BCUT2D eigenvalue weighted by molar-refractivity contribution is 0.0877. The first-order valence-corrected chi connectivity index (χ1v) is 16.4. The number of unbranched alkanes of at least 4 members (excludes halogenated alkanes) is 15. The Balaban J connectivity index is 3.97. The predicted molar refractivity (Wildman–Crippen MR) is 161 cm³/mol. The standard InChI is InChI=1S/C33H66N2O2/c1-4-6-8-10-11-17-25-33(24-16-9-7-5-2)32-37-31-23-15-13-20-28-35(29-21-18-26-34)27-19-12-14-22-30-36-3/h33H,4-25,27-32H2,1-3H3. The summed E-state index contributed by atoms with van der Waals surface area (Å²) in [5.41, 5.74) is 0. The van der Waals surface area contributed by atoms with Crippen molar-refractivity contribution >= 4 is 0 Å². The molecular weight excluding hydrogens is 456 g/mol. The maximum absolute atomic E-state index is 8.88. The van der Waals surface area contributed by atoms with Gasteiger partial charge in [-0.05, 0) is 70.5 Å². The van der Waals surface area contributed by atoms with Crippen LogP contribution in [0.15, 0.2) is 0 Å². The van der Waals surface area contributed by atoms with Gasteiger partial charge < -0.3 is 14.4 Å². The summed E-state index contributed by atoms with van der Waals surface area (Å²) in [4.78, 5) is 2.59. The van der Waals surface area contributed by atoms with Crippen molar-refractivity contribution < 1.29 is 9.47 Å². The summed E-state index contributed by atoms with van der Waals surface area (Å²) in [7, 11) is 1.78. The third-order valence-electron chi connectivity index (χ3n) is 7.63. The number of hydrogen-bond acceptors (Lipinski definition) is 4. The minimum atomic E-state index is 0.681. The van der Waals surface area contributed by atoms with Crippen LogP contribution in [0.2, 0.25) is 0 Å². The molecule has 4 heteroatoms. The molecule has 1 atom stereocenters. The molecule has 0 N–H and O–H groups in total. The van der Waals surface area contributed by atoms with E-state index in [0.717, 1.165) is 38.7 Å². The van der Waals surface area contributed by atoms with Gasteiger partial charge in [0.2, 0.25) is 0 Å². The average molecular weight is 523 g/mol. The summed E-state index contributed by atoms with van der Waals surface area (Å²) in [5, 5.41) is 8.88. The van der Waals surface area contributed by atoms with E-state index < -0.39 is 0 Å². The van der Waals surface area contributed by atoms with Crippen LogP contribution in [0.1, 0.15) is 155 Å². The topological polar surface area (TPSA) is 45.5 Å². The lowest BCUT2D eigenvalue weighted by atomic mass is 9.95. The van der Waals surface area contributed by atoms with Crippen molar-refractivity contribution in [3.63, 3.8) is 0 Å². The quantitative estimate of drug-likeness (QED) is 0.0850. The van der Waals surface area contributed by atoms with E-state index in [9.17, 15) is 0 Å². The SMILES string of the molecule is CCCCCCCCC(CCCCCC)COCCCCCCN(CCCC#N)CCCCCCOC. The molecule has 0 aliphatic rings. The fourth-order valence-corrected chi connectivity index (χ4v) is 5.18. The molecule has 0 aromatic rings. The highest BCUT2D eigenvalue weighted by Gasteiger charge is 2.09. The molecule has 0 aliphatic heterocycles. The van der Waals surface area contributed by atoms with E-state index >= 15 is 0 Å². The van der Waals surface area contributed by atoms with Gasteiger partial charge in [-0.3, -0.25) is 0 Å². The minimum Gasteiger partial charge on any atom is -0.385 e. The van der Waals surface area contributed by atoms with Gasteiger partial charge in [0.05, 0.1) is 6.07 Å². The summed E-state index contributed by atoms with van der Waals surface area (Å²) < 4.78 is 11.3. The van der Waals surface area contributed by atoms with Crippen LogP contribution in [0.25, 0.3) is 0 Å². The van der Waals surface area contributed by atoms with Gasteiger partial charge in [-0.2, -0.15) is 5.26 Å². The Hall–Kier alpha value is -0.630. The zero-order valence-electron chi connectivity index (χ0n) is 25.6. The van der Waals surface area contributed by atoms with Crippen molar-refractivity contribution in [2.75, 3.05) is 46.6 Å². The van der Waals surface area contributed by atoms with E-state index in [1.165, 1.54) is 142 Å². The molecule has 0 aliphatic carbocycles. The maximum Gasteiger partial charge on any atom is 0.0622 e. The monoisotopic (exact) mass is 523 g/mol. The summed E-state index contributed by atoms with van der Waals surface area (Å²) >= 11 is 0. The molecule has 37 heavy (non-hydrogen) atoms. The largest absolute Gasteiger partial charge is 0.385 e. The van der Waals surface area contributed by atoms with Gasteiger partial charge in [-0.25, -0.2) is 0 Å². The predicted octanol–water partition coefficient (Wildman–Crippen LogP) is 9.71. The van der Waals surface area contributed by atoms with E-state index in [0.29, 0.717) is 6.42 Å². The molecule has 220 valence electrons. The summed E-state index contributed by atoms with van der Waals surface area (Å²) in [5.74, 6) is 0.777. The first-order chi connectivity index (χ1) is 18.3. The fourth-order valence-electron chi connectivity index (χ4n) is 5.18. The van der Waals surface area contributed by atoms with E-state index in [1.54, 1.807) is 7.11 Å². The Bertz CT molecular complexity index is 466. The van der Waals surface area contributed by atoms with Gasteiger partial charge in [-0.1, -0.05) is 104 Å². The summed E-state index contributed by atoms with van der Waals surface area (Å²) in [6.07, 6.45) is 28.3. The van der Waals surface area contributed by atoms with Crippen LogP contribution in [0.5, 0.6) is 0 Å². The Labute approximate surface area is 233 Å². The third-order valence-corrected chi connectivity index (χ3v) is 7.63. The molecule has 0 fully saturated rings. The second kappa shape index (κ2) is 31.6. The molecule has 0 amide bonds. The lowest BCUT2D eigenvalue weighted by Gasteiger charge is -2.22. The Morgan fingerprint density at radius 1 is 0.595 bits per heavy atom. The molecule has 4 nitrogen and oxygen atoms in total. The Kier molecular flexibility index (Phi) is 31.0. The van der Waals surface area contributed by atoms with Gasteiger partial charge in [0.15, 0.2) is 0 Å². The number of rotatable bonds is 31. The van der Waals surface area contributed by atoms with Crippen LogP contribution >= 0.6 is 0 Å². The molecule has 0 bridgehead atoms. The van der Waals surface area contributed by atoms with Crippen molar-refractivity contribution in [3.8, 4) is 6.07 Å². The smallest absolute Gasteiger partial charge is 0.0622 e. The van der Waals surface area contributed by atoms with Crippen LogP contribution < -0.4 is 0 Å². The third kappa shape index (κ3) is 28.2. The molecule has 0 aromatic heterocycles. The number of ether oxygens (including phenoxy) is 2. The van der Waals surface area contributed by atoms with E-state index in [1.807, 2.05) is 0 Å². The summed E-state index contributed by atoms with van der Waals surface area (Å²) in [6, 6.07) is 2.30. The van der Waals surface area contributed by atoms with Crippen LogP contribution in [0.3, 0.4) is 0 Å². The van der Waals surface area contributed by atoms with Gasteiger partial charge in [0, 0.05) is 33.4 Å². The van der Waals surface area contributed by atoms with Crippen molar-refractivity contribution in [1.29, 1.82) is 5.26 Å². The molecular formula is C33H66N2O2. The van der Waals surface area contributed by atoms with E-state index in [4.69, 9.17) is 14.7 Å². The van der Waals surface area contributed by atoms with Gasteiger partial charge >= 0.3 is 0 Å². The molecule has 0 aromatic carbocycles. The van der Waals surface area contributed by atoms with Crippen LogP contribution in [-0.4, -0.2) is 51.5 Å². The Morgan fingerprint density at radius 3 is 1.68 bits per heavy atom. The van der Waals surface area contributed by atoms with Crippen molar-refractivity contribution in [1.82, 2.24) is 4.90 Å². The fraction of sp³-hybridized carbons (Fsp3) is 0.970. The molecule has 0 saturated heterocycles. The Morgan fingerprint density at radius 2 is 1.08 bits per heavy atom. The van der Waals surface area contributed by atoms with E-state index in [2.05, 4.69) is 24.8 Å². The van der Waals surface area contributed by atoms with Crippen molar-refractivity contribution in [3.05, 3.63) is 0 Å². The number of hydrogen-bond donors (Lipinski definition) is 0.